The van der Waals surface area contributed by atoms with Crippen molar-refractivity contribution < 1.29 is 0 Å². The standard InChI is InChI=1S/C17H16N4/c1-12-17(21-20-14-8-4-3-5-9-14)13(2)19-16-11-7-6-10-15(16)18-12/h3-11,20H,1-2H3. The maximum absolute atomic E-state index is 4.61. The molecule has 0 aliphatic heterocycles. The van der Waals surface area contributed by atoms with Gasteiger partial charge < -0.3 is 0 Å². The van der Waals surface area contributed by atoms with Crippen molar-refractivity contribution >= 4 is 16.7 Å². The summed E-state index contributed by atoms with van der Waals surface area (Å²) in [7, 11) is 0. The first-order valence-corrected chi connectivity index (χ1v) is 6.83. The Morgan fingerprint density at radius 3 is 1.86 bits per heavy atom. The highest BCUT2D eigenvalue weighted by molar-refractivity contribution is 5.73. The minimum atomic E-state index is 0.773. The van der Waals surface area contributed by atoms with Gasteiger partial charge in [0.05, 0.1) is 28.1 Å². The first-order valence-electron chi connectivity index (χ1n) is 6.83. The van der Waals surface area contributed by atoms with E-state index in [0.717, 1.165) is 33.5 Å². The van der Waals surface area contributed by atoms with Crippen molar-refractivity contribution in [3.8, 4) is 0 Å². The van der Waals surface area contributed by atoms with Crippen molar-refractivity contribution in [1.82, 2.24) is 9.97 Å². The van der Waals surface area contributed by atoms with Gasteiger partial charge in [-0.1, -0.05) is 30.3 Å². The molecule has 3 aromatic rings. The third-order valence-electron chi connectivity index (χ3n) is 3.21. The predicted molar refractivity (Wildman–Crippen MR) is 84.6 cm³/mol. The minimum Gasteiger partial charge on any atom is -0.278 e. The Bertz CT molecular complexity index is 794. The number of hydrogen-bond acceptors (Lipinski definition) is 4. The van der Waals surface area contributed by atoms with E-state index in [1.807, 2.05) is 68.4 Å². The van der Waals surface area contributed by atoms with Gasteiger partial charge in [-0.2, -0.15) is 5.10 Å². The molecule has 2 aromatic carbocycles. The molecule has 1 aromatic heterocycles. The Balaban J connectivity index is 2.14. The van der Waals surface area contributed by atoms with Crippen LogP contribution in [0.1, 0.15) is 11.4 Å². The molecule has 0 radical (unpaired) electrons. The van der Waals surface area contributed by atoms with Crippen molar-refractivity contribution in [2.75, 3.05) is 5.43 Å². The van der Waals surface area contributed by atoms with Crippen LogP contribution in [0.4, 0.5) is 5.69 Å². The van der Waals surface area contributed by atoms with Gasteiger partial charge in [0.2, 0.25) is 0 Å². The van der Waals surface area contributed by atoms with Gasteiger partial charge in [0.25, 0.3) is 0 Å². The second kappa shape index (κ2) is 5.71. The van der Waals surface area contributed by atoms with Gasteiger partial charge in [-0.05, 0) is 38.1 Å². The van der Waals surface area contributed by atoms with Crippen molar-refractivity contribution in [2.24, 2.45) is 5.10 Å². The molecule has 0 saturated carbocycles. The van der Waals surface area contributed by atoms with Crippen molar-refractivity contribution in [3.63, 3.8) is 0 Å². The van der Waals surface area contributed by atoms with Crippen LogP contribution in [0.3, 0.4) is 0 Å². The third kappa shape index (κ3) is 2.89. The number of hydrogen-bond donors (Lipinski definition) is 1. The van der Waals surface area contributed by atoms with Crippen LogP contribution in [0, 0.1) is 13.8 Å². The molecule has 0 saturated heterocycles. The van der Waals surface area contributed by atoms with E-state index < -0.39 is 0 Å². The summed E-state index contributed by atoms with van der Waals surface area (Å²) in [5.41, 5.74) is 7.45. The largest absolute Gasteiger partial charge is 0.278 e. The van der Waals surface area contributed by atoms with E-state index >= 15 is 0 Å². The molecule has 0 unspecified atom stereocenters. The zero-order chi connectivity index (χ0) is 14.7. The average Bonchev–Trinajstić information content (AvgIpc) is 2.62. The molecular weight excluding hydrogens is 260 g/mol. The maximum Gasteiger partial charge on any atom is 0.126 e. The first-order chi connectivity index (χ1) is 10.2. The van der Waals surface area contributed by atoms with Crippen molar-refractivity contribution in [3.05, 3.63) is 71.3 Å². The molecule has 0 aliphatic carbocycles. The highest BCUT2D eigenvalue weighted by atomic mass is 15.3. The second-order valence-electron chi connectivity index (χ2n) is 4.82. The number of anilines is 1. The molecule has 0 aliphatic rings. The molecule has 21 heavy (non-hydrogen) atoms. The van der Waals surface area contributed by atoms with Gasteiger partial charge in [-0.25, -0.2) is 9.97 Å². The molecule has 1 N–H and O–H groups in total. The van der Waals surface area contributed by atoms with Crippen LogP contribution >= 0.6 is 0 Å². The van der Waals surface area contributed by atoms with Crippen LogP contribution in [0.2, 0.25) is 0 Å². The lowest BCUT2D eigenvalue weighted by Gasteiger charge is -1.99. The Kier molecular flexibility index (Phi) is 3.60. The summed E-state index contributed by atoms with van der Waals surface area (Å²) in [6.45, 7) is 3.90. The summed E-state index contributed by atoms with van der Waals surface area (Å²) in [6.07, 6.45) is 0. The van der Waals surface area contributed by atoms with Crippen molar-refractivity contribution in [2.45, 2.75) is 13.8 Å². The zero-order valence-electron chi connectivity index (χ0n) is 12.0. The lowest BCUT2D eigenvalue weighted by molar-refractivity contribution is 1.08. The SMILES string of the molecule is Cc1nc2ccccc2nc(C)c1=NNc1ccccc1. The first kappa shape index (κ1) is 13.2. The Morgan fingerprint density at radius 1 is 0.762 bits per heavy atom. The highest BCUT2D eigenvalue weighted by Crippen LogP contribution is 2.07. The monoisotopic (exact) mass is 276 g/mol. The van der Waals surface area contributed by atoms with Gasteiger partial charge in [-0.15, -0.1) is 0 Å². The fourth-order valence-electron chi connectivity index (χ4n) is 2.18. The van der Waals surface area contributed by atoms with Crippen LogP contribution in [-0.2, 0) is 0 Å². The number of nitrogens with one attached hydrogen (secondary N) is 1. The van der Waals surface area contributed by atoms with E-state index in [-0.39, 0.29) is 0 Å². The molecule has 1 heterocycles. The average molecular weight is 276 g/mol. The van der Waals surface area contributed by atoms with Gasteiger partial charge in [-0.3, -0.25) is 5.43 Å². The van der Waals surface area contributed by atoms with Crippen LogP contribution in [0.25, 0.3) is 11.0 Å². The lowest BCUT2D eigenvalue weighted by Crippen LogP contribution is -2.13. The third-order valence-corrected chi connectivity index (χ3v) is 3.21. The van der Waals surface area contributed by atoms with Crippen molar-refractivity contribution in [1.29, 1.82) is 0 Å². The number of benzene rings is 2. The summed E-state index contributed by atoms with van der Waals surface area (Å²) in [5.74, 6) is 0. The number of para-hydroxylation sites is 3. The van der Waals surface area contributed by atoms with Gasteiger partial charge in [0.15, 0.2) is 0 Å². The lowest BCUT2D eigenvalue weighted by atomic mass is 10.3. The van der Waals surface area contributed by atoms with Crippen LogP contribution in [0.15, 0.2) is 59.7 Å². The smallest absolute Gasteiger partial charge is 0.126 e. The summed E-state index contributed by atoms with van der Waals surface area (Å²) >= 11 is 0. The predicted octanol–water partition coefficient (Wildman–Crippen LogP) is 3.17. The van der Waals surface area contributed by atoms with Crippen LogP contribution in [-0.4, -0.2) is 9.97 Å². The highest BCUT2D eigenvalue weighted by Gasteiger charge is 2.01. The summed E-state index contributed by atoms with van der Waals surface area (Å²) in [6, 6.07) is 17.7. The fourth-order valence-corrected chi connectivity index (χ4v) is 2.18. The molecule has 3 rings (SSSR count). The number of aromatic nitrogens is 2. The molecule has 104 valence electrons. The normalized spacial score (nSPS) is 10.4. The molecule has 4 nitrogen and oxygen atoms in total. The molecule has 0 fully saturated rings. The molecule has 0 atom stereocenters. The quantitative estimate of drug-likeness (QED) is 0.731. The van der Waals surface area contributed by atoms with Gasteiger partial charge in [0, 0.05) is 0 Å². The molecule has 4 heteroatoms. The summed E-state index contributed by atoms with van der Waals surface area (Å²) < 4.78 is 0. The number of fused-ring (bicyclic) bond motifs is 1. The number of aryl methyl sites for hydroxylation is 2. The molecular formula is C17H16N4. The number of rotatable bonds is 2. The van der Waals surface area contributed by atoms with E-state index in [0.29, 0.717) is 0 Å². The Labute approximate surface area is 123 Å². The maximum atomic E-state index is 4.61. The van der Waals surface area contributed by atoms with E-state index in [1.54, 1.807) is 0 Å². The van der Waals surface area contributed by atoms with E-state index in [4.69, 9.17) is 0 Å². The second-order valence-corrected chi connectivity index (χ2v) is 4.82. The topological polar surface area (TPSA) is 50.2 Å². The fraction of sp³-hybridized carbons (Fsp3) is 0.118. The van der Waals surface area contributed by atoms with Crippen LogP contribution in [0.5, 0.6) is 0 Å². The molecule has 0 spiro atoms. The van der Waals surface area contributed by atoms with Gasteiger partial charge >= 0.3 is 0 Å². The molecule has 0 amide bonds. The van der Waals surface area contributed by atoms with E-state index in [9.17, 15) is 0 Å². The van der Waals surface area contributed by atoms with E-state index in [2.05, 4.69) is 20.5 Å². The summed E-state index contributed by atoms with van der Waals surface area (Å²) in [4.78, 5) is 9.23. The zero-order valence-corrected chi connectivity index (χ0v) is 12.0. The summed E-state index contributed by atoms with van der Waals surface area (Å²) in [5, 5.41) is 5.24. The minimum absolute atomic E-state index is 0.773. The van der Waals surface area contributed by atoms with E-state index in [1.165, 1.54) is 0 Å². The Morgan fingerprint density at radius 2 is 1.29 bits per heavy atom. The molecule has 0 bridgehead atoms. The van der Waals surface area contributed by atoms with Gasteiger partial charge in [0.1, 0.15) is 5.36 Å². The number of nitrogens with zero attached hydrogens (tertiary/aromatic N) is 3. The van der Waals surface area contributed by atoms with Crippen LogP contribution < -0.4 is 10.8 Å². The Hall–Kier alpha value is -2.75.